The first-order chi connectivity index (χ1) is 16.4. The zero-order valence-electron chi connectivity index (χ0n) is 19.2. The van der Waals surface area contributed by atoms with Crippen LogP contribution in [0, 0.1) is 0 Å². The van der Waals surface area contributed by atoms with Gasteiger partial charge in [0.05, 0.1) is 23.4 Å². The van der Waals surface area contributed by atoms with Crippen molar-refractivity contribution in [3.05, 3.63) is 87.3 Å². The fraction of sp³-hybridized carbons (Fsp3) is 0.185. The van der Waals surface area contributed by atoms with E-state index in [0.29, 0.717) is 20.7 Å². The number of phenols is 1. The molecule has 34 heavy (non-hydrogen) atoms. The van der Waals surface area contributed by atoms with Crippen molar-refractivity contribution in [1.82, 2.24) is 0 Å². The van der Waals surface area contributed by atoms with Crippen molar-refractivity contribution in [3.63, 3.8) is 0 Å². The molecule has 0 atom stereocenters. The molecular weight excluding hydrogens is 468 g/mol. The maximum Gasteiger partial charge on any atom is 0.271 e. The van der Waals surface area contributed by atoms with Crippen LogP contribution in [-0.2, 0) is 17.6 Å². The van der Waals surface area contributed by atoms with E-state index in [2.05, 4.69) is 13.8 Å². The van der Waals surface area contributed by atoms with Crippen LogP contribution in [0.2, 0.25) is 5.02 Å². The Labute approximate surface area is 208 Å². The lowest BCUT2D eigenvalue weighted by atomic mass is 10.1. The number of aryl methyl sites for hydroxylation is 2. The second-order valence-corrected chi connectivity index (χ2v) is 9.18. The Morgan fingerprint density at radius 3 is 2.24 bits per heavy atom. The summed E-state index contributed by atoms with van der Waals surface area (Å²) >= 11 is 7.44. The van der Waals surface area contributed by atoms with Gasteiger partial charge in [-0.1, -0.05) is 49.7 Å². The molecule has 3 aromatic carbocycles. The molecule has 5 nitrogen and oxygen atoms in total. The largest absolute Gasteiger partial charge is 0.504 e. The van der Waals surface area contributed by atoms with Gasteiger partial charge in [-0.05, 0) is 72.1 Å². The number of aliphatic imine (C=N–C) groups is 1. The van der Waals surface area contributed by atoms with Gasteiger partial charge in [0.15, 0.2) is 16.7 Å². The van der Waals surface area contributed by atoms with Gasteiger partial charge < -0.3 is 9.84 Å². The Kier molecular flexibility index (Phi) is 7.29. The summed E-state index contributed by atoms with van der Waals surface area (Å²) in [6.07, 6.45) is 3.47. The van der Waals surface area contributed by atoms with Crippen LogP contribution < -0.4 is 9.64 Å². The number of carbonyl (C=O) groups excluding carboxylic acids is 1. The number of hydrogen-bond donors (Lipinski definition) is 1. The van der Waals surface area contributed by atoms with Crippen LogP contribution in [-0.4, -0.2) is 23.3 Å². The zero-order valence-corrected chi connectivity index (χ0v) is 20.8. The van der Waals surface area contributed by atoms with Gasteiger partial charge in [0.25, 0.3) is 5.91 Å². The number of ether oxygens (including phenoxy) is 1. The highest BCUT2D eigenvalue weighted by molar-refractivity contribution is 8.19. The van der Waals surface area contributed by atoms with Gasteiger partial charge in [-0.25, -0.2) is 4.99 Å². The molecule has 1 amide bonds. The molecule has 0 bridgehead atoms. The van der Waals surface area contributed by atoms with Crippen molar-refractivity contribution >= 4 is 51.9 Å². The lowest BCUT2D eigenvalue weighted by Gasteiger charge is -2.16. The first-order valence-electron chi connectivity index (χ1n) is 11.0. The van der Waals surface area contributed by atoms with Crippen molar-refractivity contribution in [2.75, 3.05) is 12.0 Å². The molecule has 0 unspecified atom stereocenters. The van der Waals surface area contributed by atoms with Crippen LogP contribution in [0.4, 0.5) is 11.4 Å². The Balaban J connectivity index is 1.79. The van der Waals surface area contributed by atoms with E-state index in [4.69, 9.17) is 21.3 Å². The zero-order chi connectivity index (χ0) is 24.2. The summed E-state index contributed by atoms with van der Waals surface area (Å²) in [6.45, 7) is 4.19. The molecule has 1 aliphatic heterocycles. The molecule has 1 heterocycles. The van der Waals surface area contributed by atoms with Gasteiger partial charge in [0, 0.05) is 16.7 Å². The van der Waals surface area contributed by atoms with Crippen LogP contribution in [0.25, 0.3) is 6.08 Å². The molecular formula is C27H25ClN2O3S. The minimum Gasteiger partial charge on any atom is -0.504 e. The molecule has 4 rings (SSSR count). The number of benzene rings is 3. The van der Waals surface area contributed by atoms with Crippen molar-refractivity contribution in [3.8, 4) is 11.5 Å². The molecule has 0 saturated carbocycles. The maximum atomic E-state index is 13.5. The van der Waals surface area contributed by atoms with Gasteiger partial charge in [0.2, 0.25) is 0 Å². The molecule has 0 radical (unpaired) electrons. The number of hydrogen-bond acceptors (Lipinski definition) is 5. The van der Waals surface area contributed by atoms with Crippen molar-refractivity contribution in [2.45, 2.75) is 26.7 Å². The van der Waals surface area contributed by atoms with Crippen LogP contribution in [0.3, 0.4) is 0 Å². The minimum absolute atomic E-state index is 0.0767. The molecule has 7 heteroatoms. The van der Waals surface area contributed by atoms with Crippen LogP contribution in [0.1, 0.15) is 30.5 Å². The first kappa shape index (κ1) is 23.9. The second-order valence-electron chi connectivity index (χ2n) is 7.73. The van der Waals surface area contributed by atoms with E-state index in [0.717, 1.165) is 24.2 Å². The summed E-state index contributed by atoms with van der Waals surface area (Å²) in [5.41, 5.74) is 4.29. The second kappa shape index (κ2) is 10.4. The third-order valence-electron chi connectivity index (χ3n) is 5.55. The molecule has 0 spiro atoms. The van der Waals surface area contributed by atoms with E-state index >= 15 is 0 Å². The van der Waals surface area contributed by atoms with Crippen molar-refractivity contribution in [1.29, 1.82) is 0 Å². The Morgan fingerprint density at radius 2 is 1.65 bits per heavy atom. The summed E-state index contributed by atoms with van der Waals surface area (Å²) < 4.78 is 5.20. The number of carbonyl (C=O) groups is 1. The molecule has 0 aliphatic carbocycles. The monoisotopic (exact) mass is 492 g/mol. The predicted molar refractivity (Wildman–Crippen MR) is 141 cm³/mol. The van der Waals surface area contributed by atoms with Gasteiger partial charge >= 0.3 is 0 Å². The van der Waals surface area contributed by atoms with Crippen molar-refractivity contribution in [2.24, 2.45) is 4.99 Å². The predicted octanol–water partition coefficient (Wildman–Crippen LogP) is 6.99. The highest BCUT2D eigenvalue weighted by Gasteiger charge is 2.35. The van der Waals surface area contributed by atoms with Gasteiger partial charge in [-0.3, -0.25) is 9.69 Å². The number of halogens is 1. The summed E-state index contributed by atoms with van der Waals surface area (Å²) in [7, 11) is 1.45. The van der Waals surface area contributed by atoms with E-state index in [-0.39, 0.29) is 17.4 Å². The van der Waals surface area contributed by atoms with E-state index < -0.39 is 0 Å². The SMILES string of the molecule is CCc1ccc(N=C2S/C(=C/c3cc(Cl)cc(OC)c3O)C(=O)N2c2ccc(CC)cc2)cc1. The highest BCUT2D eigenvalue weighted by Crippen LogP contribution is 2.40. The molecule has 1 N–H and O–H groups in total. The normalized spacial score (nSPS) is 16.0. The molecule has 174 valence electrons. The summed E-state index contributed by atoms with van der Waals surface area (Å²) in [5.74, 6) is -0.0598. The van der Waals surface area contributed by atoms with Crippen LogP contribution in [0.5, 0.6) is 11.5 Å². The highest BCUT2D eigenvalue weighted by atomic mass is 35.5. The van der Waals surface area contributed by atoms with E-state index in [1.165, 1.54) is 36.1 Å². The number of phenolic OH excluding ortho intramolecular Hbond substituents is 1. The molecule has 3 aromatic rings. The van der Waals surface area contributed by atoms with Crippen LogP contribution >= 0.6 is 23.4 Å². The van der Waals surface area contributed by atoms with Crippen LogP contribution in [0.15, 0.2) is 70.6 Å². The Morgan fingerprint density at radius 1 is 1.03 bits per heavy atom. The Bertz CT molecular complexity index is 1270. The van der Waals surface area contributed by atoms with E-state index in [1.54, 1.807) is 17.0 Å². The average molecular weight is 493 g/mol. The lowest BCUT2D eigenvalue weighted by molar-refractivity contribution is -0.113. The fourth-order valence-electron chi connectivity index (χ4n) is 3.58. The Hall–Kier alpha value is -3.22. The minimum atomic E-state index is -0.225. The van der Waals surface area contributed by atoms with E-state index in [9.17, 15) is 9.90 Å². The number of anilines is 1. The number of amides is 1. The number of nitrogens with zero attached hydrogens (tertiary/aromatic N) is 2. The molecule has 0 aromatic heterocycles. The number of methoxy groups -OCH3 is 1. The average Bonchev–Trinajstić information content (AvgIpc) is 3.15. The van der Waals surface area contributed by atoms with Crippen molar-refractivity contribution < 1.29 is 14.6 Å². The summed E-state index contributed by atoms with van der Waals surface area (Å²) in [4.78, 5) is 20.3. The lowest BCUT2D eigenvalue weighted by Crippen LogP contribution is -2.28. The summed E-state index contributed by atoms with van der Waals surface area (Å²) in [5, 5.41) is 11.5. The number of thioether (sulfide) groups is 1. The van der Waals surface area contributed by atoms with Gasteiger partial charge in [0.1, 0.15) is 0 Å². The summed E-state index contributed by atoms with van der Waals surface area (Å²) in [6, 6.07) is 19.0. The molecule has 1 aliphatic rings. The standard InChI is InChI=1S/C27H25ClN2O3S/c1-4-17-6-10-21(11-7-17)29-27-30(22-12-8-18(5-2)9-13-22)26(32)24(34-27)15-19-14-20(28)16-23(33-3)25(19)31/h6-16,31H,4-5H2,1-3H3/b24-15+,29-27?. The number of amidine groups is 1. The molecule has 1 fully saturated rings. The molecule has 1 saturated heterocycles. The van der Waals surface area contributed by atoms with Gasteiger partial charge in [-0.2, -0.15) is 0 Å². The number of aromatic hydroxyl groups is 1. The fourth-order valence-corrected chi connectivity index (χ4v) is 4.78. The smallest absolute Gasteiger partial charge is 0.271 e. The third-order valence-corrected chi connectivity index (χ3v) is 6.74. The first-order valence-corrected chi connectivity index (χ1v) is 12.2. The number of rotatable bonds is 6. The topological polar surface area (TPSA) is 62.1 Å². The quantitative estimate of drug-likeness (QED) is 0.377. The van der Waals surface area contributed by atoms with Gasteiger partial charge in [-0.15, -0.1) is 0 Å². The third kappa shape index (κ3) is 4.98. The maximum absolute atomic E-state index is 13.5. The van der Waals surface area contributed by atoms with E-state index in [1.807, 2.05) is 48.5 Å².